The monoisotopic (exact) mass is 354 g/mol. The van der Waals surface area contributed by atoms with Crippen LogP contribution in [0.15, 0.2) is 22.7 Å². The molecule has 0 unspecified atom stereocenters. The Bertz CT molecular complexity index is 468. The van der Waals surface area contributed by atoms with Gasteiger partial charge in [-0.25, -0.2) is 0 Å². The van der Waals surface area contributed by atoms with Crippen LogP contribution in [-0.2, 0) is 6.54 Å². The molecule has 3 nitrogen and oxygen atoms in total. The van der Waals surface area contributed by atoms with Gasteiger partial charge in [-0.3, -0.25) is 0 Å². The summed E-state index contributed by atoms with van der Waals surface area (Å²) >= 11 is 3.60. The number of likely N-dealkylation sites (tertiary alicyclic amines) is 1. The van der Waals surface area contributed by atoms with Gasteiger partial charge in [0.05, 0.1) is 5.60 Å². The molecule has 1 aromatic rings. The first-order valence-corrected chi connectivity index (χ1v) is 8.61. The van der Waals surface area contributed by atoms with Gasteiger partial charge < -0.3 is 15.3 Å². The lowest BCUT2D eigenvalue weighted by atomic mass is 9.90. The van der Waals surface area contributed by atoms with E-state index in [1.54, 1.807) is 0 Å². The van der Waals surface area contributed by atoms with Crippen molar-refractivity contribution in [2.24, 2.45) is 0 Å². The van der Waals surface area contributed by atoms with E-state index in [0.717, 1.165) is 36.9 Å². The first kappa shape index (κ1) is 16.9. The van der Waals surface area contributed by atoms with Gasteiger partial charge in [-0.15, -0.1) is 0 Å². The first-order valence-electron chi connectivity index (χ1n) is 7.82. The standard InChI is InChI=1S/C17H27BrN2O/c1-13(2)20-8-6-17(21,7-9-20)12-19-11-15-5-4-14(3)10-16(15)18/h4-5,10,13,19,21H,6-9,11-12H2,1-3H3. The molecule has 0 amide bonds. The molecule has 4 heteroatoms. The molecule has 0 aromatic heterocycles. The minimum absolute atomic E-state index is 0.553. The highest BCUT2D eigenvalue weighted by atomic mass is 79.9. The van der Waals surface area contributed by atoms with Crippen molar-refractivity contribution >= 4 is 15.9 Å². The van der Waals surface area contributed by atoms with Gasteiger partial charge in [-0.1, -0.05) is 28.1 Å². The van der Waals surface area contributed by atoms with Crippen LogP contribution in [0.2, 0.25) is 0 Å². The summed E-state index contributed by atoms with van der Waals surface area (Å²) < 4.78 is 1.14. The summed E-state index contributed by atoms with van der Waals surface area (Å²) in [6.45, 7) is 9.97. The lowest BCUT2D eigenvalue weighted by molar-refractivity contribution is -0.0265. The van der Waals surface area contributed by atoms with Gasteiger partial charge in [0.25, 0.3) is 0 Å². The second-order valence-electron chi connectivity index (χ2n) is 6.55. The van der Waals surface area contributed by atoms with Crippen LogP contribution in [0.4, 0.5) is 0 Å². The molecule has 0 radical (unpaired) electrons. The molecular formula is C17H27BrN2O. The normalized spacial score (nSPS) is 19.1. The second kappa shape index (κ2) is 7.23. The van der Waals surface area contributed by atoms with Gasteiger partial charge in [0.15, 0.2) is 0 Å². The van der Waals surface area contributed by atoms with Crippen molar-refractivity contribution in [2.75, 3.05) is 19.6 Å². The summed E-state index contributed by atoms with van der Waals surface area (Å²) in [7, 11) is 0. The smallest absolute Gasteiger partial charge is 0.0796 e. The van der Waals surface area contributed by atoms with E-state index in [2.05, 4.69) is 65.1 Å². The minimum atomic E-state index is -0.553. The van der Waals surface area contributed by atoms with Crippen molar-refractivity contribution in [3.63, 3.8) is 0 Å². The third-order valence-corrected chi connectivity index (χ3v) is 5.18. The van der Waals surface area contributed by atoms with Gasteiger partial charge in [-0.2, -0.15) is 0 Å². The number of hydrogen-bond donors (Lipinski definition) is 2. The Hall–Kier alpha value is -0.420. The molecule has 118 valence electrons. The maximum atomic E-state index is 10.7. The molecule has 1 aromatic carbocycles. The van der Waals surface area contributed by atoms with E-state index in [1.807, 2.05) is 0 Å². The molecule has 0 aliphatic carbocycles. The lowest BCUT2D eigenvalue weighted by Gasteiger charge is -2.40. The molecule has 21 heavy (non-hydrogen) atoms. The molecule has 2 N–H and O–H groups in total. The van der Waals surface area contributed by atoms with Crippen LogP contribution in [0.25, 0.3) is 0 Å². The lowest BCUT2D eigenvalue weighted by Crippen LogP contribution is -2.51. The SMILES string of the molecule is Cc1ccc(CNCC2(O)CCN(C(C)C)CC2)c(Br)c1. The summed E-state index contributed by atoms with van der Waals surface area (Å²) in [4.78, 5) is 2.44. The van der Waals surface area contributed by atoms with Gasteiger partial charge in [0.1, 0.15) is 0 Å². The minimum Gasteiger partial charge on any atom is -0.388 e. The molecule has 1 fully saturated rings. The van der Waals surface area contributed by atoms with Crippen LogP contribution in [0.3, 0.4) is 0 Å². The molecule has 1 saturated heterocycles. The van der Waals surface area contributed by atoms with E-state index < -0.39 is 5.60 Å². The van der Waals surface area contributed by atoms with E-state index in [4.69, 9.17) is 0 Å². The molecule has 0 bridgehead atoms. The predicted molar refractivity (Wildman–Crippen MR) is 91.5 cm³/mol. The third-order valence-electron chi connectivity index (χ3n) is 4.44. The van der Waals surface area contributed by atoms with Gasteiger partial charge in [-0.05, 0) is 50.8 Å². The second-order valence-corrected chi connectivity index (χ2v) is 7.41. The van der Waals surface area contributed by atoms with Crippen molar-refractivity contribution in [1.29, 1.82) is 0 Å². The largest absolute Gasteiger partial charge is 0.388 e. The first-order chi connectivity index (χ1) is 9.89. The molecule has 0 atom stereocenters. The summed E-state index contributed by atoms with van der Waals surface area (Å²) in [6.07, 6.45) is 1.71. The predicted octanol–water partition coefficient (Wildman–Crippen LogP) is 3.08. The average Bonchev–Trinajstić information content (AvgIpc) is 2.41. The van der Waals surface area contributed by atoms with E-state index in [0.29, 0.717) is 12.6 Å². The molecule has 1 heterocycles. The number of benzene rings is 1. The number of aryl methyl sites for hydroxylation is 1. The fourth-order valence-electron chi connectivity index (χ4n) is 2.86. The van der Waals surface area contributed by atoms with Crippen LogP contribution in [-0.4, -0.2) is 41.3 Å². The van der Waals surface area contributed by atoms with Crippen LogP contribution >= 0.6 is 15.9 Å². The summed E-state index contributed by atoms with van der Waals surface area (Å²) in [5.74, 6) is 0. The number of aliphatic hydroxyl groups is 1. The van der Waals surface area contributed by atoms with Crippen molar-refractivity contribution in [3.05, 3.63) is 33.8 Å². The molecule has 1 aliphatic heterocycles. The van der Waals surface area contributed by atoms with E-state index in [9.17, 15) is 5.11 Å². The molecule has 2 rings (SSSR count). The Balaban J connectivity index is 1.80. The van der Waals surface area contributed by atoms with Crippen molar-refractivity contribution < 1.29 is 5.11 Å². The maximum absolute atomic E-state index is 10.7. The summed E-state index contributed by atoms with van der Waals surface area (Å²) in [5.41, 5.74) is 1.94. The Morgan fingerprint density at radius 3 is 2.57 bits per heavy atom. The molecule has 0 spiro atoms. The van der Waals surface area contributed by atoms with E-state index in [1.165, 1.54) is 11.1 Å². The Morgan fingerprint density at radius 2 is 2.00 bits per heavy atom. The number of nitrogens with zero attached hydrogens (tertiary/aromatic N) is 1. The molecular weight excluding hydrogens is 328 g/mol. The van der Waals surface area contributed by atoms with Crippen molar-refractivity contribution in [3.8, 4) is 0 Å². The van der Waals surface area contributed by atoms with Crippen molar-refractivity contribution in [2.45, 2.75) is 51.8 Å². The number of rotatable bonds is 5. The van der Waals surface area contributed by atoms with Crippen LogP contribution in [0.5, 0.6) is 0 Å². The fraction of sp³-hybridized carbons (Fsp3) is 0.647. The molecule has 1 aliphatic rings. The zero-order chi connectivity index (χ0) is 15.5. The Kier molecular flexibility index (Phi) is 5.83. The number of piperidine rings is 1. The Labute approximate surface area is 136 Å². The summed E-state index contributed by atoms with van der Waals surface area (Å²) in [6, 6.07) is 6.97. The third kappa shape index (κ3) is 4.78. The van der Waals surface area contributed by atoms with Gasteiger partial charge in [0.2, 0.25) is 0 Å². The zero-order valence-electron chi connectivity index (χ0n) is 13.3. The van der Waals surface area contributed by atoms with Gasteiger partial charge >= 0.3 is 0 Å². The summed E-state index contributed by atoms with van der Waals surface area (Å²) in [5, 5.41) is 14.1. The van der Waals surface area contributed by atoms with Crippen LogP contribution < -0.4 is 5.32 Å². The topological polar surface area (TPSA) is 35.5 Å². The number of nitrogens with one attached hydrogen (secondary N) is 1. The van der Waals surface area contributed by atoms with E-state index in [-0.39, 0.29) is 0 Å². The maximum Gasteiger partial charge on any atom is 0.0796 e. The van der Waals surface area contributed by atoms with Gasteiger partial charge in [0, 0.05) is 36.7 Å². The highest BCUT2D eigenvalue weighted by Gasteiger charge is 2.32. The average molecular weight is 355 g/mol. The fourth-order valence-corrected chi connectivity index (χ4v) is 3.49. The quantitative estimate of drug-likeness (QED) is 0.852. The number of halogens is 1. The highest BCUT2D eigenvalue weighted by Crippen LogP contribution is 2.23. The van der Waals surface area contributed by atoms with Crippen LogP contribution in [0.1, 0.15) is 37.8 Å². The van der Waals surface area contributed by atoms with E-state index >= 15 is 0 Å². The molecule has 0 saturated carbocycles. The van der Waals surface area contributed by atoms with Crippen molar-refractivity contribution in [1.82, 2.24) is 10.2 Å². The Morgan fingerprint density at radius 1 is 1.33 bits per heavy atom. The zero-order valence-corrected chi connectivity index (χ0v) is 14.9. The highest BCUT2D eigenvalue weighted by molar-refractivity contribution is 9.10. The van der Waals surface area contributed by atoms with Crippen LogP contribution in [0, 0.1) is 6.92 Å². The number of hydrogen-bond acceptors (Lipinski definition) is 3.